The summed E-state index contributed by atoms with van der Waals surface area (Å²) in [6.45, 7) is 0. The molecule has 57 heavy (non-hydrogen) atoms. The Kier molecular flexibility index (Phi) is 9.11. The van der Waals surface area contributed by atoms with Crippen LogP contribution in [-0.4, -0.2) is 9.97 Å². The third kappa shape index (κ3) is 6.86. The molecule has 0 spiro atoms. The van der Waals surface area contributed by atoms with Crippen molar-refractivity contribution in [2.45, 2.75) is 9.79 Å². The number of para-hydroxylation sites is 2. The van der Waals surface area contributed by atoms with E-state index in [0.717, 1.165) is 76.7 Å². The van der Waals surface area contributed by atoms with Crippen molar-refractivity contribution in [2.75, 3.05) is 4.90 Å². The maximum Gasteiger partial charge on any atom is 0.163 e. The molecular formula is C52H35N3OS. The Morgan fingerprint density at radius 2 is 0.982 bits per heavy atom. The molecule has 10 rings (SSSR count). The lowest BCUT2D eigenvalue weighted by Gasteiger charge is -2.26. The van der Waals surface area contributed by atoms with Gasteiger partial charge < -0.3 is 9.32 Å². The molecule has 2 aromatic heterocycles. The molecule has 0 radical (unpaired) electrons. The van der Waals surface area contributed by atoms with E-state index < -0.39 is 0 Å². The standard InChI is InChI=1S/C52H35N3OS/c1-5-14-36(15-6-1)37-24-29-42(30-25-37)55(41-18-9-3-10-19-41)43-31-26-38(27-32-43)40-28-33-45-46-22-13-23-47(51(46)56-48(45)34-40)52-53-35-49(57-44-20-11-4-12-21-44)50(54-52)39-16-7-2-8-17-39/h1-35H. The van der Waals surface area contributed by atoms with E-state index in [-0.39, 0.29) is 0 Å². The van der Waals surface area contributed by atoms with Gasteiger partial charge in [0.05, 0.1) is 16.2 Å². The van der Waals surface area contributed by atoms with Crippen molar-refractivity contribution in [3.05, 3.63) is 212 Å². The summed E-state index contributed by atoms with van der Waals surface area (Å²) in [6.07, 6.45) is 1.93. The summed E-state index contributed by atoms with van der Waals surface area (Å²) >= 11 is 1.67. The number of benzene rings is 8. The number of nitrogens with zero attached hydrogens (tertiary/aromatic N) is 3. The van der Waals surface area contributed by atoms with E-state index in [9.17, 15) is 0 Å². The highest BCUT2D eigenvalue weighted by molar-refractivity contribution is 7.99. The lowest BCUT2D eigenvalue weighted by atomic mass is 10.0. The molecular weight excluding hydrogens is 715 g/mol. The van der Waals surface area contributed by atoms with Gasteiger partial charge in [-0.25, -0.2) is 9.97 Å². The molecule has 5 heteroatoms. The van der Waals surface area contributed by atoms with Crippen molar-refractivity contribution in [2.24, 2.45) is 0 Å². The summed E-state index contributed by atoms with van der Waals surface area (Å²) in [5, 5.41) is 2.09. The summed E-state index contributed by atoms with van der Waals surface area (Å²) < 4.78 is 6.70. The normalized spacial score (nSPS) is 11.2. The van der Waals surface area contributed by atoms with Gasteiger partial charge >= 0.3 is 0 Å². The molecule has 10 aromatic rings. The summed E-state index contributed by atoms with van der Waals surface area (Å²) in [5.74, 6) is 0.629. The molecule has 0 bridgehead atoms. The molecule has 0 amide bonds. The van der Waals surface area contributed by atoms with Crippen molar-refractivity contribution in [1.82, 2.24) is 9.97 Å². The maximum absolute atomic E-state index is 6.70. The molecule has 0 fully saturated rings. The minimum absolute atomic E-state index is 0.629. The zero-order valence-corrected chi connectivity index (χ0v) is 31.7. The second-order valence-corrected chi connectivity index (χ2v) is 14.9. The number of hydrogen-bond acceptors (Lipinski definition) is 5. The number of rotatable bonds is 9. The third-order valence-corrected chi connectivity index (χ3v) is 11.2. The van der Waals surface area contributed by atoms with Crippen LogP contribution in [0.2, 0.25) is 0 Å². The fraction of sp³-hybridized carbons (Fsp3) is 0. The number of hydrogen-bond donors (Lipinski definition) is 0. The Bertz CT molecular complexity index is 2950. The maximum atomic E-state index is 6.70. The van der Waals surface area contributed by atoms with Crippen LogP contribution in [0.25, 0.3) is 66.8 Å². The smallest absolute Gasteiger partial charge is 0.163 e. The minimum atomic E-state index is 0.629. The van der Waals surface area contributed by atoms with Gasteiger partial charge in [0.2, 0.25) is 0 Å². The van der Waals surface area contributed by atoms with Crippen LogP contribution in [0.3, 0.4) is 0 Å². The van der Waals surface area contributed by atoms with E-state index in [1.54, 1.807) is 11.8 Å². The average Bonchev–Trinajstić information content (AvgIpc) is 3.67. The first-order chi connectivity index (χ1) is 28.2. The topological polar surface area (TPSA) is 42.2 Å². The SMILES string of the molecule is c1ccc(Sc2cnc(-c3cccc4c3oc3cc(-c5ccc(N(c6ccccc6)c6ccc(-c7ccccc7)cc6)cc5)ccc34)nc2-c2ccccc2)cc1. The molecule has 0 saturated carbocycles. The monoisotopic (exact) mass is 749 g/mol. The van der Waals surface area contributed by atoms with Gasteiger partial charge in [0.15, 0.2) is 5.82 Å². The second-order valence-electron chi connectivity index (χ2n) is 13.8. The average molecular weight is 750 g/mol. The lowest BCUT2D eigenvalue weighted by Crippen LogP contribution is -2.09. The Morgan fingerprint density at radius 1 is 0.439 bits per heavy atom. The van der Waals surface area contributed by atoms with E-state index >= 15 is 0 Å². The number of furan rings is 1. The Morgan fingerprint density at radius 3 is 1.65 bits per heavy atom. The van der Waals surface area contributed by atoms with E-state index in [0.29, 0.717) is 5.82 Å². The van der Waals surface area contributed by atoms with Crippen LogP contribution < -0.4 is 4.90 Å². The zero-order chi connectivity index (χ0) is 38.0. The minimum Gasteiger partial charge on any atom is -0.455 e. The van der Waals surface area contributed by atoms with Crippen molar-refractivity contribution in [3.63, 3.8) is 0 Å². The summed E-state index contributed by atoms with van der Waals surface area (Å²) in [5.41, 5.74) is 12.3. The second kappa shape index (κ2) is 15.1. The highest BCUT2D eigenvalue weighted by atomic mass is 32.2. The zero-order valence-electron chi connectivity index (χ0n) is 30.9. The number of fused-ring (bicyclic) bond motifs is 3. The Hall–Kier alpha value is -7.21. The van der Waals surface area contributed by atoms with E-state index in [4.69, 9.17) is 14.4 Å². The largest absolute Gasteiger partial charge is 0.455 e. The number of aromatic nitrogens is 2. The molecule has 0 saturated heterocycles. The van der Waals surface area contributed by atoms with Gasteiger partial charge in [-0.05, 0) is 89.0 Å². The van der Waals surface area contributed by atoms with Crippen LogP contribution in [0.5, 0.6) is 0 Å². The van der Waals surface area contributed by atoms with Crippen LogP contribution in [0, 0.1) is 0 Å². The molecule has 4 nitrogen and oxygen atoms in total. The molecule has 0 unspecified atom stereocenters. The molecule has 270 valence electrons. The fourth-order valence-electron chi connectivity index (χ4n) is 7.41. The number of anilines is 3. The van der Waals surface area contributed by atoms with Gasteiger partial charge in [-0.15, -0.1) is 0 Å². The first kappa shape index (κ1) is 34.3. The predicted molar refractivity (Wildman–Crippen MR) is 236 cm³/mol. The highest BCUT2D eigenvalue weighted by Gasteiger charge is 2.18. The summed E-state index contributed by atoms with van der Waals surface area (Å²) in [4.78, 5) is 14.5. The van der Waals surface area contributed by atoms with Gasteiger partial charge in [-0.3, -0.25) is 0 Å². The predicted octanol–water partition coefficient (Wildman–Crippen LogP) is 14.7. The van der Waals surface area contributed by atoms with Gasteiger partial charge in [0.25, 0.3) is 0 Å². The van der Waals surface area contributed by atoms with E-state index in [2.05, 4.69) is 175 Å². The van der Waals surface area contributed by atoms with Gasteiger partial charge in [-0.2, -0.15) is 0 Å². The van der Waals surface area contributed by atoms with Crippen LogP contribution in [0.4, 0.5) is 17.1 Å². The Balaban J connectivity index is 0.986. The lowest BCUT2D eigenvalue weighted by molar-refractivity contribution is 0.669. The highest BCUT2D eigenvalue weighted by Crippen LogP contribution is 2.41. The molecule has 8 aromatic carbocycles. The first-order valence-corrected chi connectivity index (χ1v) is 19.8. The van der Waals surface area contributed by atoms with Gasteiger partial charge in [-0.1, -0.05) is 151 Å². The molecule has 0 N–H and O–H groups in total. The van der Waals surface area contributed by atoms with Crippen molar-refractivity contribution < 1.29 is 4.42 Å². The van der Waals surface area contributed by atoms with Gasteiger partial charge in [0.1, 0.15) is 11.2 Å². The quantitative estimate of drug-likeness (QED) is 0.147. The van der Waals surface area contributed by atoms with E-state index in [1.807, 2.05) is 42.6 Å². The fourth-order valence-corrected chi connectivity index (χ4v) is 8.32. The molecule has 0 aliphatic heterocycles. The molecule has 2 heterocycles. The van der Waals surface area contributed by atoms with E-state index in [1.165, 1.54) is 11.1 Å². The van der Waals surface area contributed by atoms with Gasteiger partial charge in [0, 0.05) is 44.5 Å². The summed E-state index contributed by atoms with van der Waals surface area (Å²) in [6, 6.07) is 71.9. The molecule has 0 atom stereocenters. The van der Waals surface area contributed by atoms with Crippen LogP contribution >= 0.6 is 11.8 Å². The van der Waals surface area contributed by atoms with Crippen LogP contribution in [-0.2, 0) is 0 Å². The molecule has 0 aliphatic carbocycles. The third-order valence-electron chi connectivity index (χ3n) is 10.2. The molecule has 0 aliphatic rings. The van der Waals surface area contributed by atoms with Crippen molar-refractivity contribution >= 4 is 50.8 Å². The van der Waals surface area contributed by atoms with Crippen LogP contribution in [0.15, 0.2) is 227 Å². The first-order valence-electron chi connectivity index (χ1n) is 19.0. The van der Waals surface area contributed by atoms with Crippen molar-refractivity contribution in [1.29, 1.82) is 0 Å². The Labute approximate surface area is 335 Å². The summed E-state index contributed by atoms with van der Waals surface area (Å²) in [7, 11) is 0. The van der Waals surface area contributed by atoms with Crippen molar-refractivity contribution in [3.8, 4) is 44.9 Å². The van der Waals surface area contributed by atoms with Crippen LogP contribution in [0.1, 0.15) is 0 Å².